The van der Waals surface area contributed by atoms with Crippen molar-refractivity contribution in [3.05, 3.63) is 75.5 Å². The number of nitrogens with zero attached hydrogens (tertiary/aromatic N) is 2. The van der Waals surface area contributed by atoms with Gasteiger partial charge in [-0.1, -0.05) is 17.7 Å². The summed E-state index contributed by atoms with van der Waals surface area (Å²) in [5.74, 6) is 0.711. The Balaban J connectivity index is 1.47. The molecule has 4 rings (SSSR count). The van der Waals surface area contributed by atoms with Gasteiger partial charge in [-0.05, 0) is 48.0 Å². The summed E-state index contributed by atoms with van der Waals surface area (Å²) in [6.07, 6.45) is 0. The van der Waals surface area contributed by atoms with Crippen LogP contribution in [0.3, 0.4) is 0 Å². The van der Waals surface area contributed by atoms with E-state index in [1.807, 2.05) is 0 Å². The Morgan fingerprint density at radius 2 is 1.81 bits per heavy atom. The van der Waals surface area contributed by atoms with Crippen LogP contribution in [0.25, 0.3) is 0 Å². The van der Waals surface area contributed by atoms with Gasteiger partial charge in [0, 0.05) is 17.6 Å². The Kier molecular flexibility index (Phi) is 5.66. The zero-order valence-corrected chi connectivity index (χ0v) is 17.5. The molecule has 0 spiro atoms. The molecule has 9 nitrogen and oxygen atoms in total. The van der Waals surface area contributed by atoms with Crippen molar-refractivity contribution in [3.8, 4) is 11.5 Å². The van der Waals surface area contributed by atoms with Gasteiger partial charge in [-0.2, -0.15) is 5.10 Å². The molecule has 0 bridgehead atoms. The topological polar surface area (TPSA) is 117 Å². The Bertz CT molecular complexity index is 1310. The second-order valence-electron chi connectivity index (χ2n) is 6.59. The molecular formula is C20H16ClN3O6S. The highest BCUT2D eigenvalue weighted by atomic mass is 35.5. The quantitative estimate of drug-likeness (QED) is 0.594. The van der Waals surface area contributed by atoms with E-state index in [4.69, 9.17) is 21.1 Å². The first-order valence-corrected chi connectivity index (χ1v) is 10.9. The van der Waals surface area contributed by atoms with E-state index in [9.17, 15) is 18.0 Å². The number of benzene rings is 2. The molecule has 0 unspecified atom stereocenters. The third kappa shape index (κ3) is 4.54. The van der Waals surface area contributed by atoms with Gasteiger partial charge in [0.25, 0.3) is 5.56 Å². The minimum atomic E-state index is -3.98. The standard InChI is InChI=1S/C20H16ClN3O6S/c21-14-2-4-15(5-3-14)31(27,28)19-7-8-20(26)24(23-19)11-18(25)22-10-13-1-6-16-17(9-13)30-12-29-16/h1-9H,10-12H2,(H,22,25). The van der Waals surface area contributed by atoms with E-state index >= 15 is 0 Å². The van der Waals surface area contributed by atoms with Crippen LogP contribution in [0.1, 0.15) is 5.56 Å². The van der Waals surface area contributed by atoms with E-state index < -0.39 is 27.8 Å². The number of sulfone groups is 1. The number of aromatic nitrogens is 2. The summed E-state index contributed by atoms with van der Waals surface area (Å²) in [5, 5.41) is 6.57. The molecule has 3 aromatic rings. The molecule has 160 valence electrons. The highest BCUT2D eigenvalue weighted by Gasteiger charge is 2.21. The molecule has 31 heavy (non-hydrogen) atoms. The number of rotatable bonds is 6. The molecule has 1 aliphatic heterocycles. The molecule has 0 saturated carbocycles. The third-order valence-electron chi connectivity index (χ3n) is 4.46. The molecule has 0 fully saturated rings. The monoisotopic (exact) mass is 461 g/mol. The van der Waals surface area contributed by atoms with Crippen LogP contribution < -0.4 is 20.3 Å². The number of carbonyl (C=O) groups is 1. The Morgan fingerprint density at radius 1 is 1.06 bits per heavy atom. The number of carbonyl (C=O) groups excluding carboxylic acids is 1. The summed E-state index contributed by atoms with van der Waals surface area (Å²) >= 11 is 5.80. The van der Waals surface area contributed by atoms with Crippen LogP contribution in [0.15, 0.2) is 69.3 Å². The number of halogens is 1. The van der Waals surface area contributed by atoms with Gasteiger partial charge in [0.1, 0.15) is 6.54 Å². The van der Waals surface area contributed by atoms with Crippen molar-refractivity contribution in [1.29, 1.82) is 0 Å². The van der Waals surface area contributed by atoms with Crippen molar-refractivity contribution in [3.63, 3.8) is 0 Å². The fraction of sp³-hybridized carbons (Fsp3) is 0.150. The molecule has 1 amide bonds. The second kappa shape index (κ2) is 8.40. The van der Waals surface area contributed by atoms with E-state index in [0.717, 1.165) is 22.4 Å². The van der Waals surface area contributed by atoms with E-state index in [2.05, 4.69) is 10.4 Å². The van der Waals surface area contributed by atoms with E-state index in [1.165, 1.54) is 24.3 Å². The van der Waals surface area contributed by atoms with Crippen molar-refractivity contribution in [2.24, 2.45) is 0 Å². The summed E-state index contributed by atoms with van der Waals surface area (Å²) in [6, 6.07) is 13.0. The lowest BCUT2D eigenvalue weighted by Gasteiger charge is -2.09. The molecule has 0 radical (unpaired) electrons. The molecule has 0 atom stereocenters. The maximum atomic E-state index is 12.8. The fourth-order valence-electron chi connectivity index (χ4n) is 2.86. The fourth-order valence-corrected chi connectivity index (χ4v) is 4.18. The average Bonchev–Trinajstić information content (AvgIpc) is 3.22. The minimum absolute atomic E-state index is 0.0261. The summed E-state index contributed by atoms with van der Waals surface area (Å²) in [4.78, 5) is 24.4. The summed E-state index contributed by atoms with van der Waals surface area (Å²) in [5.41, 5.74) is 0.172. The minimum Gasteiger partial charge on any atom is -0.454 e. The van der Waals surface area contributed by atoms with Crippen LogP contribution in [0, 0.1) is 0 Å². The van der Waals surface area contributed by atoms with Gasteiger partial charge in [-0.3, -0.25) is 9.59 Å². The van der Waals surface area contributed by atoms with Gasteiger partial charge in [-0.25, -0.2) is 13.1 Å². The van der Waals surface area contributed by atoms with Crippen LogP contribution in [-0.4, -0.2) is 30.9 Å². The first-order valence-electron chi connectivity index (χ1n) is 9.07. The lowest BCUT2D eigenvalue weighted by atomic mass is 10.2. The highest BCUT2D eigenvalue weighted by molar-refractivity contribution is 7.91. The lowest BCUT2D eigenvalue weighted by Crippen LogP contribution is -2.33. The molecular weight excluding hydrogens is 446 g/mol. The predicted octanol–water partition coefficient (Wildman–Crippen LogP) is 1.77. The SMILES string of the molecule is O=C(Cn1nc(S(=O)(=O)c2ccc(Cl)cc2)ccc1=O)NCc1ccc2c(c1)OCO2. The van der Waals surface area contributed by atoms with Gasteiger partial charge >= 0.3 is 0 Å². The molecule has 1 aromatic heterocycles. The number of hydrogen-bond acceptors (Lipinski definition) is 7. The molecule has 0 aliphatic carbocycles. The normalized spacial score (nSPS) is 12.5. The molecule has 1 aliphatic rings. The second-order valence-corrected chi connectivity index (χ2v) is 8.92. The third-order valence-corrected chi connectivity index (χ3v) is 6.37. The van der Waals surface area contributed by atoms with Crippen molar-refractivity contribution < 1.29 is 22.7 Å². The summed E-state index contributed by atoms with van der Waals surface area (Å²) in [6.45, 7) is -0.102. The van der Waals surface area contributed by atoms with Crippen molar-refractivity contribution in [2.75, 3.05) is 6.79 Å². The first kappa shape index (κ1) is 20.9. The molecule has 1 N–H and O–H groups in total. The lowest BCUT2D eigenvalue weighted by molar-refractivity contribution is -0.122. The molecule has 2 heterocycles. The van der Waals surface area contributed by atoms with Crippen LogP contribution in [0.4, 0.5) is 0 Å². The Hall–Kier alpha value is -3.37. The number of amides is 1. The van der Waals surface area contributed by atoms with Crippen LogP contribution in [-0.2, 0) is 27.7 Å². The van der Waals surface area contributed by atoms with Gasteiger partial charge < -0.3 is 14.8 Å². The smallest absolute Gasteiger partial charge is 0.267 e. The Morgan fingerprint density at radius 3 is 2.58 bits per heavy atom. The molecule has 0 saturated heterocycles. The van der Waals surface area contributed by atoms with Gasteiger partial charge in [0.15, 0.2) is 16.5 Å². The van der Waals surface area contributed by atoms with E-state index in [1.54, 1.807) is 18.2 Å². The average molecular weight is 462 g/mol. The predicted molar refractivity (Wildman–Crippen MR) is 110 cm³/mol. The number of hydrogen-bond donors (Lipinski definition) is 1. The van der Waals surface area contributed by atoms with Crippen molar-refractivity contribution in [1.82, 2.24) is 15.1 Å². The number of ether oxygens (including phenoxy) is 2. The molecule has 2 aromatic carbocycles. The zero-order valence-electron chi connectivity index (χ0n) is 15.9. The highest BCUT2D eigenvalue weighted by Crippen LogP contribution is 2.32. The number of fused-ring (bicyclic) bond motifs is 1. The first-order chi connectivity index (χ1) is 14.8. The van der Waals surface area contributed by atoms with Crippen molar-refractivity contribution >= 4 is 27.3 Å². The van der Waals surface area contributed by atoms with Gasteiger partial charge in [0.05, 0.1) is 4.90 Å². The number of nitrogens with one attached hydrogen (secondary N) is 1. The maximum Gasteiger partial charge on any atom is 0.267 e. The van der Waals surface area contributed by atoms with Gasteiger partial charge in [-0.15, -0.1) is 0 Å². The van der Waals surface area contributed by atoms with Crippen LogP contribution in [0.2, 0.25) is 5.02 Å². The van der Waals surface area contributed by atoms with E-state index in [0.29, 0.717) is 16.5 Å². The Labute approximate surface area is 182 Å². The van der Waals surface area contributed by atoms with Gasteiger partial charge in [0.2, 0.25) is 22.5 Å². The van der Waals surface area contributed by atoms with Crippen LogP contribution >= 0.6 is 11.6 Å². The maximum absolute atomic E-state index is 12.8. The largest absolute Gasteiger partial charge is 0.454 e. The van der Waals surface area contributed by atoms with E-state index in [-0.39, 0.29) is 23.3 Å². The summed E-state index contributed by atoms with van der Waals surface area (Å²) < 4.78 is 36.8. The van der Waals surface area contributed by atoms with Crippen LogP contribution in [0.5, 0.6) is 11.5 Å². The van der Waals surface area contributed by atoms with Crippen molar-refractivity contribution in [2.45, 2.75) is 23.0 Å². The summed E-state index contributed by atoms with van der Waals surface area (Å²) in [7, 11) is -3.98. The zero-order chi connectivity index (χ0) is 22.0. The molecule has 11 heteroatoms.